The van der Waals surface area contributed by atoms with E-state index >= 15 is 0 Å². The largest absolute Gasteiger partial charge is 0.416 e. The summed E-state index contributed by atoms with van der Waals surface area (Å²) in [6, 6.07) is 11.8. The fourth-order valence-electron chi connectivity index (χ4n) is 2.85. The summed E-state index contributed by atoms with van der Waals surface area (Å²) < 4.78 is 37.8. The van der Waals surface area contributed by atoms with Gasteiger partial charge in [-0.2, -0.15) is 13.2 Å². The zero-order valence-electron chi connectivity index (χ0n) is 14.7. The van der Waals surface area contributed by atoms with Crippen LogP contribution in [0, 0.1) is 12.3 Å². The Bertz CT molecular complexity index is 856. The van der Waals surface area contributed by atoms with Gasteiger partial charge < -0.3 is 10.6 Å². The van der Waals surface area contributed by atoms with Crippen LogP contribution in [-0.2, 0) is 22.3 Å². The number of aryl methyl sites for hydroxylation is 1. The number of hydrogen-bond acceptors (Lipinski definition) is 2. The van der Waals surface area contributed by atoms with Gasteiger partial charge in [0.1, 0.15) is 5.41 Å². The molecule has 0 saturated heterocycles. The molecule has 142 valence electrons. The molecule has 0 heterocycles. The van der Waals surface area contributed by atoms with Gasteiger partial charge in [0.05, 0.1) is 5.56 Å². The summed E-state index contributed by atoms with van der Waals surface area (Å²) in [5.41, 5.74) is 0.292. The van der Waals surface area contributed by atoms with E-state index in [1.165, 1.54) is 12.1 Å². The molecule has 27 heavy (non-hydrogen) atoms. The van der Waals surface area contributed by atoms with Crippen LogP contribution in [0.15, 0.2) is 48.5 Å². The van der Waals surface area contributed by atoms with Gasteiger partial charge in [-0.05, 0) is 49.6 Å². The Balaban J connectivity index is 1.61. The number of benzene rings is 2. The Morgan fingerprint density at radius 2 is 1.70 bits per heavy atom. The number of nitrogens with one attached hydrogen (secondary N) is 2. The second kappa shape index (κ2) is 7.06. The minimum atomic E-state index is -4.43. The number of carbonyl (C=O) groups is 2. The van der Waals surface area contributed by atoms with Gasteiger partial charge in [0, 0.05) is 12.2 Å². The average molecular weight is 376 g/mol. The first kappa shape index (κ1) is 18.9. The molecule has 2 aromatic carbocycles. The van der Waals surface area contributed by atoms with Gasteiger partial charge in [-0.15, -0.1) is 0 Å². The Morgan fingerprint density at radius 1 is 1.04 bits per heavy atom. The van der Waals surface area contributed by atoms with Crippen LogP contribution in [0.4, 0.5) is 18.9 Å². The molecule has 4 nitrogen and oxygen atoms in total. The van der Waals surface area contributed by atoms with Gasteiger partial charge in [0.25, 0.3) is 0 Å². The van der Waals surface area contributed by atoms with Crippen LogP contribution in [0.5, 0.6) is 0 Å². The maximum absolute atomic E-state index is 12.6. The van der Waals surface area contributed by atoms with Crippen molar-refractivity contribution in [2.45, 2.75) is 32.5 Å². The highest BCUT2D eigenvalue weighted by Gasteiger charge is 2.56. The molecule has 0 unspecified atom stereocenters. The lowest BCUT2D eigenvalue weighted by Crippen LogP contribution is -2.39. The third-order valence-electron chi connectivity index (χ3n) is 4.62. The van der Waals surface area contributed by atoms with Gasteiger partial charge in [-0.25, -0.2) is 0 Å². The first-order chi connectivity index (χ1) is 12.7. The SMILES string of the molecule is Cc1cccc(CNC(=O)C2(C(=O)Nc3ccc(C(F)(F)F)cc3)CC2)c1. The van der Waals surface area contributed by atoms with E-state index in [1.54, 1.807) is 0 Å². The van der Waals surface area contributed by atoms with Crippen molar-refractivity contribution in [3.8, 4) is 0 Å². The summed E-state index contributed by atoms with van der Waals surface area (Å²) in [4.78, 5) is 25.0. The standard InChI is InChI=1S/C20H19F3N2O2/c1-13-3-2-4-14(11-13)12-24-17(26)19(9-10-19)18(27)25-16-7-5-15(6-8-16)20(21,22)23/h2-8,11H,9-10,12H2,1H3,(H,24,26)(H,25,27). The summed E-state index contributed by atoms with van der Waals surface area (Å²) in [6.45, 7) is 2.26. The predicted molar refractivity (Wildman–Crippen MR) is 94.8 cm³/mol. The molecule has 7 heteroatoms. The van der Waals surface area contributed by atoms with E-state index in [2.05, 4.69) is 10.6 Å². The van der Waals surface area contributed by atoms with Crippen LogP contribution in [0.2, 0.25) is 0 Å². The Kier molecular flexibility index (Phi) is 4.95. The molecule has 1 aliphatic carbocycles. The molecule has 1 aliphatic rings. The summed E-state index contributed by atoms with van der Waals surface area (Å²) >= 11 is 0. The lowest BCUT2D eigenvalue weighted by atomic mass is 10.0. The van der Waals surface area contributed by atoms with Crippen molar-refractivity contribution in [1.29, 1.82) is 0 Å². The van der Waals surface area contributed by atoms with Crippen LogP contribution < -0.4 is 10.6 Å². The number of anilines is 1. The quantitative estimate of drug-likeness (QED) is 0.774. The fraction of sp³-hybridized carbons (Fsp3) is 0.300. The van der Waals surface area contributed by atoms with E-state index in [9.17, 15) is 22.8 Å². The molecule has 0 spiro atoms. The topological polar surface area (TPSA) is 58.2 Å². The zero-order chi connectivity index (χ0) is 19.7. The van der Waals surface area contributed by atoms with Crippen molar-refractivity contribution in [3.63, 3.8) is 0 Å². The molecule has 2 amide bonds. The van der Waals surface area contributed by atoms with Gasteiger partial charge >= 0.3 is 6.18 Å². The Morgan fingerprint density at radius 3 is 2.26 bits per heavy atom. The highest BCUT2D eigenvalue weighted by Crippen LogP contribution is 2.47. The van der Waals surface area contributed by atoms with E-state index in [0.29, 0.717) is 19.4 Å². The van der Waals surface area contributed by atoms with Crippen LogP contribution in [0.25, 0.3) is 0 Å². The Hall–Kier alpha value is -2.83. The van der Waals surface area contributed by atoms with E-state index in [4.69, 9.17) is 0 Å². The summed E-state index contributed by atoms with van der Waals surface area (Å²) in [6.07, 6.45) is -3.60. The monoisotopic (exact) mass is 376 g/mol. The van der Waals surface area contributed by atoms with Crippen LogP contribution >= 0.6 is 0 Å². The summed E-state index contributed by atoms with van der Waals surface area (Å²) in [5.74, 6) is -0.864. The molecule has 0 bridgehead atoms. The van der Waals surface area contributed by atoms with E-state index in [1.807, 2.05) is 31.2 Å². The van der Waals surface area contributed by atoms with Gasteiger partial charge in [-0.3, -0.25) is 9.59 Å². The van der Waals surface area contributed by atoms with Crippen LogP contribution in [-0.4, -0.2) is 11.8 Å². The average Bonchev–Trinajstić information content (AvgIpc) is 3.41. The van der Waals surface area contributed by atoms with Crippen molar-refractivity contribution < 1.29 is 22.8 Å². The first-order valence-electron chi connectivity index (χ1n) is 8.53. The number of halogens is 3. The number of amides is 2. The Labute approximate surface area is 154 Å². The van der Waals surface area contributed by atoms with Crippen molar-refractivity contribution in [2.24, 2.45) is 5.41 Å². The zero-order valence-corrected chi connectivity index (χ0v) is 14.7. The van der Waals surface area contributed by atoms with Crippen molar-refractivity contribution >= 4 is 17.5 Å². The smallest absolute Gasteiger partial charge is 0.351 e. The molecular formula is C20H19F3N2O2. The third-order valence-corrected chi connectivity index (χ3v) is 4.62. The molecule has 2 N–H and O–H groups in total. The molecular weight excluding hydrogens is 357 g/mol. The minimum Gasteiger partial charge on any atom is -0.351 e. The highest BCUT2D eigenvalue weighted by molar-refractivity contribution is 6.13. The number of alkyl halides is 3. The maximum Gasteiger partial charge on any atom is 0.416 e. The van der Waals surface area contributed by atoms with Crippen molar-refractivity contribution in [2.75, 3.05) is 5.32 Å². The summed E-state index contributed by atoms with van der Waals surface area (Å²) in [7, 11) is 0. The lowest BCUT2D eigenvalue weighted by Gasteiger charge is -2.16. The highest BCUT2D eigenvalue weighted by atomic mass is 19.4. The van der Waals surface area contributed by atoms with Crippen LogP contribution in [0.3, 0.4) is 0 Å². The number of carbonyl (C=O) groups excluding carboxylic acids is 2. The summed E-state index contributed by atoms with van der Waals surface area (Å²) in [5, 5.41) is 5.32. The number of hydrogen-bond donors (Lipinski definition) is 2. The molecule has 3 rings (SSSR count). The second-order valence-corrected chi connectivity index (χ2v) is 6.78. The van der Waals surface area contributed by atoms with E-state index in [-0.39, 0.29) is 11.6 Å². The molecule has 1 saturated carbocycles. The molecule has 0 aliphatic heterocycles. The maximum atomic E-state index is 12.6. The van der Waals surface area contributed by atoms with Crippen molar-refractivity contribution in [3.05, 3.63) is 65.2 Å². The van der Waals surface area contributed by atoms with E-state index in [0.717, 1.165) is 23.3 Å². The minimum absolute atomic E-state index is 0.228. The second-order valence-electron chi connectivity index (χ2n) is 6.78. The fourth-order valence-corrected chi connectivity index (χ4v) is 2.85. The van der Waals surface area contributed by atoms with Gasteiger partial charge in [0.15, 0.2) is 0 Å². The van der Waals surface area contributed by atoms with Gasteiger partial charge in [0.2, 0.25) is 11.8 Å². The van der Waals surface area contributed by atoms with Gasteiger partial charge in [-0.1, -0.05) is 29.8 Å². The first-order valence-corrected chi connectivity index (χ1v) is 8.53. The van der Waals surface area contributed by atoms with Crippen LogP contribution in [0.1, 0.15) is 29.5 Å². The predicted octanol–water partition coefficient (Wildman–Crippen LogP) is 4.05. The van der Waals surface area contributed by atoms with E-state index < -0.39 is 23.1 Å². The molecule has 0 atom stereocenters. The normalized spacial score (nSPS) is 15.1. The lowest BCUT2D eigenvalue weighted by molar-refractivity contribution is -0.137. The molecule has 1 fully saturated rings. The number of rotatable bonds is 5. The molecule has 0 radical (unpaired) electrons. The van der Waals surface area contributed by atoms with Crippen molar-refractivity contribution in [1.82, 2.24) is 5.32 Å². The molecule has 2 aromatic rings. The molecule has 0 aromatic heterocycles. The third kappa shape index (κ3) is 4.30.